The number of halogens is 4. The minimum absolute atomic E-state index is 0.132. The van der Waals surface area contributed by atoms with Crippen molar-refractivity contribution in [3.63, 3.8) is 0 Å². The van der Waals surface area contributed by atoms with Gasteiger partial charge in [-0.2, -0.15) is 0 Å². The first-order chi connectivity index (χ1) is 10.5. The number of anilines is 1. The number of aryl methyl sites for hydroxylation is 1. The summed E-state index contributed by atoms with van der Waals surface area (Å²) in [5, 5.41) is 0.245. The molecule has 1 aliphatic rings. The highest BCUT2D eigenvalue weighted by Gasteiger charge is 2.27. The SMILES string of the molecule is Cc1nc(N2CCC=IC(F)[C@@H]2C)c2cnc(Cl)c(F)c2n1. The number of pyridine rings is 1. The fourth-order valence-electron chi connectivity index (χ4n) is 2.43. The van der Waals surface area contributed by atoms with E-state index in [0.29, 0.717) is 23.6 Å². The van der Waals surface area contributed by atoms with Crippen LogP contribution in [0.3, 0.4) is 0 Å². The number of hydrogen-bond acceptors (Lipinski definition) is 4. The van der Waals surface area contributed by atoms with Crippen LogP contribution in [0, 0.1) is 12.7 Å². The average molecular weight is 439 g/mol. The fourth-order valence-corrected chi connectivity index (χ4v) is 4.68. The van der Waals surface area contributed by atoms with Gasteiger partial charge in [-0.05, 0) is 20.3 Å². The standard InChI is InChI=1S/C14H14ClF2IN4/c1-7-13(17)18-4-3-5-22(7)14-9-6-19-12(15)10(16)11(9)20-8(2)21-14/h4,6-7,13H,3,5H2,1-2H3/t7-,13?/m0/s1. The number of aromatic nitrogens is 3. The van der Waals surface area contributed by atoms with Crippen molar-refractivity contribution in [3.8, 4) is 0 Å². The summed E-state index contributed by atoms with van der Waals surface area (Å²) in [6.45, 7) is 4.18. The van der Waals surface area contributed by atoms with E-state index in [9.17, 15) is 8.78 Å². The lowest BCUT2D eigenvalue weighted by atomic mass is 10.2. The highest BCUT2D eigenvalue weighted by Crippen LogP contribution is 2.32. The predicted octanol–water partition coefficient (Wildman–Crippen LogP) is 3.79. The molecule has 0 bridgehead atoms. The second-order valence-electron chi connectivity index (χ2n) is 5.06. The molecule has 118 valence electrons. The topological polar surface area (TPSA) is 41.9 Å². The maximum atomic E-state index is 14.2. The Labute approximate surface area is 141 Å². The lowest BCUT2D eigenvalue weighted by Crippen LogP contribution is -2.38. The normalized spacial score (nSPS) is 22.5. The molecule has 4 nitrogen and oxygen atoms in total. The van der Waals surface area contributed by atoms with Gasteiger partial charge in [-0.25, -0.2) is 23.7 Å². The number of nitrogens with zero attached hydrogens (tertiary/aromatic N) is 4. The maximum absolute atomic E-state index is 14.2. The number of rotatable bonds is 1. The summed E-state index contributed by atoms with van der Waals surface area (Å²) < 4.78 is 29.6. The zero-order chi connectivity index (χ0) is 15.9. The molecule has 1 aliphatic heterocycles. The summed E-state index contributed by atoms with van der Waals surface area (Å²) in [7, 11) is 0. The van der Waals surface area contributed by atoms with Gasteiger partial charge in [0.05, 0.1) is 11.4 Å². The first-order valence-electron chi connectivity index (χ1n) is 6.81. The Morgan fingerprint density at radius 1 is 1.41 bits per heavy atom. The van der Waals surface area contributed by atoms with Crippen molar-refractivity contribution in [2.24, 2.45) is 0 Å². The van der Waals surface area contributed by atoms with E-state index in [1.165, 1.54) is 6.20 Å². The predicted molar refractivity (Wildman–Crippen MR) is 93.4 cm³/mol. The van der Waals surface area contributed by atoms with Crippen LogP contribution in [0.15, 0.2) is 6.20 Å². The van der Waals surface area contributed by atoms with Crippen molar-refractivity contribution in [1.82, 2.24) is 15.0 Å². The summed E-state index contributed by atoms with van der Waals surface area (Å²) in [5.41, 5.74) is 0.132. The third-order valence-electron chi connectivity index (χ3n) is 3.55. The van der Waals surface area contributed by atoms with Crippen LogP contribution in [0.5, 0.6) is 0 Å². The second-order valence-corrected chi connectivity index (χ2v) is 8.21. The molecule has 0 radical (unpaired) electrons. The third-order valence-corrected chi connectivity index (χ3v) is 6.67. The van der Waals surface area contributed by atoms with Gasteiger partial charge in [0.25, 0.3) is 0 Å². The number of fused-ring (bicyclic) bond motifs is 1. The van der Waals surface area contributed by atoms with Crippen molar-refractivity contribution in [2.45, 2.75) is 30.5 Å². The van der Waals surface area contributed by atoms with Crippen LogP contribution in [-0.2, 0) is 0 Å². The van der Waals surface area contributed by atoms with E-state index in [1.807, 2.05) is 15.8 Å². The monoisotopic (exact) mass is 438 g/mol. The van der Waals surface area contributed by atoms with E-state index in [2.05, 4.69) is 15.0 Å². The van der Waals surface area contributed by atoms with Gasteiger partial charge in [-0.1, -0.05) is 36.3 Å². The van der Waals surface area contributed by atoms with Gasteiger partial charge < -0.3 is 4.90 Å². The summed E-state index contributed by atoms with van der Waals surface area (Å²) >= 11 is 5.15. The minimum atomic E-state index is -0.878. The molecule has 22 heavy (non-hydrogen) atoms. The highest BCUT2D eigenvalue weighted by molar-refractivity contribution is 14.2. The molecule has 1 unspecified atom stereocenters. The largest absolute Gasteiger partial charge is 0.349 e. The third kappa shape index (κ3) is 2.80. The summed E-state index contributed by atoms with van der Waals surface area (Å²) in [6.07, 6.45) is 2.26. The molecule has 3 rings (SSSR count). The lowest BCUT2D eigenvalue weighted by molar-refractivity contribution is 0.405. The van der Waals surface area contributed by atoms with Crippen LogP contribution in [-0.4, -0.2) is 35.7 Å². The molecule has 0 amide bonds. The molecule has 2 atom stereocenters. The maximum Gasteiger partial charge on any atom is 0.186 e. The first kappa shape index (κ1) is 15.9. The molecule has 0 saturated heterocycles. The van der Waals surface area contributed by atoms with Gasteiger partial charge in [0.1, 0.15) is 17.2 Å². The summed E-state index contributed by atoms with van der Waals surface area (Å²) in [5.74, 6) is 0.290. The van der Waals surface area contributed by atoms with Gasteiger partial charge in [0.15, 0.2) is 15.1 Å². The van der Waals surface area contributed by atoms with Crippen LogP contribution in [0.4, 0.5) is 14.6 Å². The van der Waals surface area contributed by atoms with E-state index >= 15 is 0 Å². The van der Waals surface area contributed by atoms with Crippen molar-refractivity contribution in [3.05, 3.63) is 23.0 Å². The zero-order valence-electron chi connectivity index (χ0n) is 12.0. The quantitative estimate of drug-likeness (QED) is 0.386. The molecule has 0 aliphatic carbocycles. The molecular weight excluding hydrogens is 425 g/mol. The van der Waals surface area contributed by atoms with Gasteiger partial charge in [0.2, 0.25) is 0 Å². The number of alkyl halides is 2. The zero-order valence-corrected chi connectivity index (χ0v) is 14.9. The van der Waals surface area contributed by atoms with Gasteiger partial charge >= 0.3 is 0 Å². The van der Waals surface area contributed by atoms with Crippen molar-refractivity contribution < 1.29 is 8.78 Å². The van der Waals surface area contributed by atoms with E-state index in [0.717, 1.165) is 6.42 Å². The fraction of sp³-hybridized carbons (Fsp3) is 0.429. The minimum Gasteiger partial charge on any atom is -0.349 e. The molecule has 0 fully saturated rings. The summed E-state index contributed by atoms with van der Waals surface area (Å²) in [6, 6.07) is -0.303. The summed E-state index contributed by atoms with van der Waals surface area (Å²) in [4.78, 5) is 14.3. The molecule has 2 aromatic rings. The average Bonchev–Trinajstić information content (AvgIpc) is 2.65. The highest BCUT2D eigenvalue weighted by atomic mass is 127. The van der Waals surface area contributed by atoms with Crippen LogP contribution < -0.4 is 4.90 Å². The molecule has 0 spiro atoms. The Balaban J connectivity index is 2.20. The van der Waals surface area contributed by atoms with E-state index in [1.54, 1.807) is 6.92 Å². The Morgan fingerprint density at radius 3 is 2.95 bits per heavy atom. The van der Waals surface area contributed by atoms with Crippen LogP contribution >= 0.6 is 32.3 Å². The van der Waals surface area contributed by atoms with Gasteiger partial charge in [-0.15, -0.1) is 0 Å². The molecule has 3 heterocycles. The molecule has 0 saturated carbocycles. The van der Waals surface area contributed by atoms with Gasteiger partial charge in [0, 0.05) is 12.7 Å². The van der Waals surface area contributed by atoms with Crippen molar-refractivity contribution in [2.75, 3.05) is 11.4 Å². The van der Waals surface area contributed by atoms with Gasteiger partial charge in [-0.3, -0.25) is 0 Å². The Morgan fingerprint density at radius 2 is 2.18 bits per heavy atom. The number of hydrogen-bond donors (Lipinski definition) is 0. The Bertz CT molecular complexity index is 755. The Hall–Kier alpha value is -0.960. The molecule has 2 aromatic heterocycles. The molecular formula is C14H14ClF2IN4. The van der Waals surface area contributed by atoms with Crippen LogP contribution in [0.2, 0.25) is 5.15 Å². The van der Waals surface area contributed by atoms with Crippen molar-refractivity contribution in [1.29, 1.82) is 0 Å². The second kappa shape index (κ2) is 6.27. The van der Waals surface area contributed by atoms with E-state index in [-0.39, 0.29) is 16.7 Å². The molecule has 0 N–H and O–H groups in total. The van der Waals surface area contributed by atoms with Crippen LogP contribution in [0.25, 0.3) is 10.9 Å². The molecule has 8 heteroatoms. The lowest BCUT2D eigenvalue weighted by Gasteiger charge is -2.30. The van der Waals surface area contributed by atoms with E-state index < -0.39 is 30.7 Å². The smallest absolute Gasteiger partial charge is 0.186 e. The van der Waals surface area contributed by atoms with E-state index in [4.69, 9.17) is 11.6 Å². The first-order valence-corrected chi connectivity index (χ1v) is 9.68. The van der Waals surface area contributed by atoms with Crippen LogP contribution in [0.1, 0.15) is 19.2 Å². The Kier molecular flexibility index (Phi) is 4.54. The van der Waals surface area contributed by atoms with Crippen molar-refractivity contribution >= 4 is 53.1 Å². The molecule has 0 aromatic carbocycles.